The Morgan fingerprint density at radius 1 is 1.79 bits per heavy atom. The van der Waals surface area contributed by atoms with Gasteiger partial charge in [-0.15, -0.1) is 0 Å². The number of carbonyl (C=O) groups is 1. The molecule has 2 atom stereocenters. The summed E-state index contributed by atoms with van der Waals surface area (Å²) in [6.07, 6.45) is 1.63. The molecule has 0 aliphatic carbocycles. The highest BCUT2D eigenvalue weighted by Gasteiger charge is 2.30. The highest BCUT2D eigenvalue weighted by Crippen LogP contribution is 2.34. The third-order valence-corrected chi connectivity index (χ3v) is 2.46. The van der Waals surface area contributed by atoms with Gasteiger partial charge in [-0.25, -0.2) is 0 Å². The number of hydrogen-bond acceptors (Lipinski definition) is 4. The van der Waals surface area contributed by atoms with E-state index < -0.39 is 12.1 Å². The molecule has 14 heavy (non-hydrogen) atoms. The Labute approximate surface area is 81.1 Å². The lowest BCUT2D eigenvalue weighted by Gasteiger charge is -2.25. The maximum absolute atomic E-state index is 10.7. The van der Waals surface area contributed by atoms with E-state index in [9.17, 15) is 9.90 Å². The fourth-order valence-corrected chi connectivity index (χ4v) is 1.65. The number of aromatic nitrogens is 1. The third-order valence-electron chi connectivity index (χ3n) is 2.46. The van der Waals surface area contributed by atoms with Gasteiger partial charge in [-0.2, -0.15) is 0 Å². The van der Waals surface area contributed by atoms with E-state index in [1.807, 2.05) is 0 Å². The summed E-state index contributed by atoms with van der Waals surface area (Å²) in [6, 6.07) is -0.426. The molecule has 0 saturated heterocycles. The zero-order valence-electron chi connectivity index (χ0n) is 7.80. The van der Waals surface area contributed by atoms with Crippen LogP contribution in [0.25, 0.3) is 0 Å². The predicted octanol–water partition coefficient (Wildman–Crippen LogP) is -0.409. The number of aldehydes is 1. The van der Waals surface area contributed by atoms with E-state index in [4.69, 9.17) is 10.5 Å². The number of carbonyl (C=O) groups excluding carboxylic acids is 1. The maximum atomic E-state index is 10.7. The van der Waals surface area contributed by atoms with Gasteiger partial charge in [-0.05, 0) is 0 Å². The fraction of sp³-hybridized carbons (Fsp3) is 0.444. The summed E-state index contributed by atoms with van der Waals surface area (Å²) < 4.78 is 6.94. The van der Waals surface area contributed by atoms with Gasteiger partial charge >= 0.3 is 0 Å². The molecule has 3 N–H and O–H groups in total. The van der Waals surface area contributed by atoms with Crippen LogP contribution in [0.1, 0.15) is 22.2 Å². The first-order chi connectivity index (χ1) is 6.65. The van der Waals surface area contributed by atoms with E-state index in [-0.39, 0.29) is 6.61 Å². The van der Waals surface area contributed by atoms with Crippen molar-refractivity contribution in [1.82, 2.24) is 4.57 Å². The first kappa shape index (κ1) is 9.23. The number of rotatable bonds is 1. The zero-order chi connectivity index (χ0) is 10.3. The molecule has 1 aromatic heterocycles. The summed E-state index contributed by atoms with van der Waals surface area (Å²) in [5.74, 6) is 0.455. The standard InChI is InChI=1S/C9H12N2O3/c1-11-2-5-8(13)6(10)4-14-9(5)7(11)3-12/h2-3,6,8,13H,4,10H2,1H3. The molecule has 5 heteroatoms. The van der Waals surface area contributed by atoms with Gasteiger partial charge in [0.15, 0.2) is 12.0 Å². The Kier molecular flexibility index (Phi) is 2.05. The second-order valence-corrected chi connectivity index (χ2v) is 3.45. The molecule has 0 amide bonds. The Morgan fingerprint density at radius 3 is 3.14 bits per heavy atom. The zero-order valence-corrected chi connectivity index (χ0v) is 7.80. The first-order valence-corrected chi connectivity index (χ1v) is 4.36. The third kappa shape index (κ3) is 1.13. The molecule has 5 nitrogen and oxygen atoms in total. The van der Waals surface area contributed by atoms with Crippen LogP contribution in [0.15, 0.2) is 6.20 Å². The summed E-state index contributed by atoms with van der Waals surface area (Å²) in [5.41, 5.74) is 6.65. The normalized spacial score (nSPS) is 25.4. The molecule has 0 fully saturated rings. The van der Waals surface area contributed by atoms with Crippen LogP contribution in [0.3, 0.4) is 0 Å². The van der Waals surface area contributed by atoms with E-state index in [2.05, 4.69) is 0 Å². The van der Waals surface area contributed by atoms with Gasteiger partial charge in [-0.3, -0.25) is 4.79 Å². The molecule has 76 valence electrons. The number of aryl methyl sites for hydroxylation is 1. The number of nitrogens with two attached hydrogens (primary N) is 1. The van der Waals surface area contributed by atoms with Crippen molar-refractivity contribution in [3.05, 3.63) is 17.5 Å². The Balaban J connectivity index is 2.53. The van der Waals surface area contributed by atoms with Crippen LogP contribution in [0.2, 0.25) is 0 Å². The SMILES string of the molecule is Cn1cc2c(c1C=O)OCC(N)C2O. The Hall–Kier alpha value is -1.33. The molecule has 0 saturated carbocycles. The minimum absolute atomic E-state index is 0.235. The molecule has 1 aromatic rings. The second-order valence-electron chi connectivity index (χ2n) is 3.45. The van der Waals surface area contributed by atoms with Crippen LogP contribution in [-0.2, 0) is 7.05 Å². The molecule has 0 aromatic carbocycles. The van der Waals surface area contributed by atoms with Crippen molar-refractivity contribution in [2.75, 3.05) is 6.61 Å². The average molecular weight is 196 g/mol. The molecule has 1 aliphatic rings. The van der Waals surface area contributed by atoms with Gasteiger partial charge in [0.25, 0.3) is 0 Å². The lowest BCUT2D eigenvalue weighted by atomic mass is 10.0. The first-order valence-electron chi connectivity index (χ1n) is 4.36. The minimum atomic E-state index is -0.751. The van der Waals surface area contributed by atoms with Crippen molar-refractivity contribution in [2.45, 2.75) is 12.1 Å². The summed E-state index contributed by atoms with van der Waals surface area (Å²) in [6.45, 7) is 0.235. The average Bonchev–Trinajstić information content (AvgIpc) is 2.49. The molecule has 2 unspecified atom stereocenters. The molecule has 1 aliphatic heterocycles. The molecule has 2 heterocycles. The largest absolute Gasteiger partial charge is 0.489 e. The van der Waals surface area contributed by atoms with Gasteiger partial charge in [0.05, 0.1) is 6.04 Å². The van der Waals surface area contributed by atoms with Gasteiger partial charge in [0.2, 0.25) is 0 Å². The van der Waals surface area contributed by atoms with Crippen LogP contribution in [0.4, 0.5) is 0 Å². The predicted molar refractivity (Wildman–Crippen MR) is 49.2 cm³/mol. The van der Waals surface area contributed by atoms with E-state index in [0.717, 1.165) is 0 Å². The number of nitrogens with zero attached hydrogens (tertiary/aromatic N) is 1. The number of aliphatic hydroxyl groups is 1. The van der Waals surface area contributed by atoms with Crippen molar-refractivity contribution in [2.24, 2.45) is 12.8 Å². The van der Waals surface area contributed by atoms with Crippen molar-refractivity contribution in [3.63, 3.8) is 0 Å². The smallest absolute Gasteiger partial charge is 0.170 e. The minimum Gasteiger partial charge on any atom is -0.489 e. The van der Waals surface area contributed by atoms with Crippen LogP contribution in [0, 0.1) is 0 Å². The van der Waals surface area contributed by atoms with Crippen LogP contribution >= 0.6 is 0 Å². The second kappa shape index (κ2) is 3.11. The molecule has 0 radical (unpaired) electrons. The summed E-state index contributed by atoms with van der Waals surface area (Å²) in [4.78, 5) is 10.7. The lowest BCUT2D eigenvalue weighted by Crippen LogP contribution is -2.37. The summed E-state index contributed by atoms with van der Waals surface area (Å²) in [5, 5.41) is 9.73. The van der Waals surface area contributed by atoms with E-state index in [1.165, 1.54) is 0 Å². The van der Waals surface area contributed by atoms with Gasteiger partial charge in [0, 0.05) is 18.8 Å². The number of hydrogen-bond donors (Lipinski definition) is 2. The number of fused-ring (bicyclic) bond motifs is 1. The van der Waals surface area contributed by atoms with Gasteiger partial charge < -0.3 is 20.1 Å². The number of aliphatic hydroxyl groups excluding tert-OH is 1. The van der Waals surface area contributed by atoms with Crippen molar-refractivity contribution in [1.29, 1.82) is 0 Å². The quantitative estimate of drug-likeness (QED) is 0.598. The summed E-state index contributed by atoms with van der Waals surface area (Å²) >= 11 is 0. The van der Waals surface area contributed by atoms with Crippen LogP contribution in [0.5, 0.6) is 5.75 Å². The molecule has 0 spiro atoms. The van der Waals surface area contributed by atoms with E-state index >= 15 is 0 Å². The topological polar surface area (TPSA) is 77.5 Å². The van der Waals surface area contributed by atoms with Crippen molar-refractivity contribution in [3.8, 4) is 5.75 Å². The molecular weight excluding hydrogens is 184 g/mol. The molecule has 0 bridgehead atoms. The van der Waals surface area contributed by atoms with E-state index in [0.29, 0.717) is 23.3 Å². The molecule has 2 rings (SSSR count). The summed E-state index contributed by atoms with van der Waals surface area (Å²) in [7, 11) is 1.73. The van der Waals surface area contributed by atoms with Crippen molar-refractivity contribution >= 4 is 6.29 Å². The van der Waals surface area contributed by atoms with Crippen LogP contribution < -0.4 is 10.5 Å². The number of ether oxygens (including phenoxy) is 1. The van der Waals surface area contributed by atoms with Crippen LogP contribution in [-0.4, -0.2) is 28.6 Å². The van der Waals surface area contributed by atoms with Gasteiger partial charge in [0.1, 0.15) is 18.4 Å². The maximum Gasteiger partial charge on any atom is 0.170 e. The monoisotopic (exact) mass is 196 g/mol. The molecular formula is C9H12N2O3. The Bertz CT molecular complexity index is 372. The fourth-order valence-electron chi connectivity index (χ4n) is 1.65. The highest BCUT2D eigenvalue weighted by atomic mass is 16.5. The van der Waals surface area contributed by atoms with Gasteiger partial charge in [-0.1, -0.05) is 0 Å². The highest BCUT2D eigenvalue weighted by molar-refractivity contribution is 5.78. The lowest BCUT2D eigenvalue weighted by molar-refractivity contribution is 0.0913. The van der Waals surface area contributed by atoms with E-state index in [1.54, 1.807) is 17.8 Å². The Morgan fingerprint density at radius 2 is 2.50 bits per heavy atom. The van der Waals surface area contributed by atoms with Crippen molar-refractivity contribution < 1.29 is 14.6 Å².